The minimum absolute atomic E-state index is 0.00460. The van der Waals surface area contributed by atoms with Gasteiger partial charge in [-0.25, -0.2) is 0 Å². The highest BCUT2D eigenvalue weighted by atomic mass is 31.2. The molecule has 0 aromatic carbocycles. The molecule has 0 saturated heterocycles. The van der Waals surface area contributed by atoms with Crippen LogP contribution in [0.2, 0.25) is 0 Å². The molecule has 46 heavy (non-hydrogen) atoms. The SMILES string of the molecule is CC(C)P(=O)(O)OCCOCCOCCNC(=O)CNC(=O)CNC(=O)CNC(=O)CCCCC(=O)C1CC[C@H](OC(C)(C)C)C1. The van der Waals surface area contributed by atoms with Gasteiger partial charge in [0, 0.05) is 25.3 Å². The summed E-state index contributed by atoms with van der Waals surface area (Å²) in [4.78, 5) is 69.7. The number of amides is 4. The topological polar surface area (TPSA) is 208 Å². The first kappa shape index (κ1) is 41.6. The number of ketones is 1. The highest BCUT2D eigenvalue weighted by Crippen LogP contribution is 2.46. The maximum absolute atomic E-state index is 12.5. The van der Waals surface area contributed by atoms with Crippen molar-refractivity contribution in [1.29, 1.82) is 0 Å². The first-order chi connectivity index (χ1) is 21.6. The Morgan fingerprint density at radius 3 is 1.87 bits per heavy atom. The first-order valence-electron chi connectivity index (χ1n) is 16.0. The zero-order valence-corrected chi connectivity index (χ0v) is 28.9. The van der Waals surface area contributed by atoms with Gasteiger partial charge >= 0.3 is 7.60 Å². The quantitative estimate of drug-likeness (QED) is 0.0724. The second kappa shape index (κ2) is 22.2. The lowest BCUT2D eigenvalue weighted by molar-refractivity contribution is -0.128. The Hall–Kier alpha value is -2.42. The van der Waals surface area contributed by atoms with Crippen LogP contribution in [0.3, 0.4) is 0 Å². The normalized spacial score (nSPS) is 17.7. The number of Topliss-reactive ketones (excluding diaryl/α,β-unsaturated/α-hetero) is 1. The summed E-state index contributed by atoms with van der Waals surface area (Å²) in [5.74, 6) is -1.63. The van der Waals surface area contributed by atoms with E-state index in [1.165, 1.54) is 0 Å². The number of nitrogens with one attached hydrogen (secondary N) is 4. The van der Waals surface area contributed by atoms with Crippen LogP contribution in [-0.2, 0) is 47.3 Å². The molecule has 1 fully saturated rings. The van der Waals surface area contributed by atoms with Gasteiger partial charge in [-0.3, -0.25) is 28.5 Å². The van der Waals surface area contributed by atoms with Crippen molar-refractivity contribution in [3.8, 4) is 0 Å². The molecule has 16 heteroatoms. The van der Waals surface area contributed by atoms with Crippen molar-refractivity contribution >= 4 is 37.0 Å². The van der Waals surface area contributed by atoms with Crippen molar-refractivity contribution in [2.45, 2.75) is 96.9 Å². The largest absolute Gasteiger partial charge is 0.377 e. The molecule has 1 aliphatic rings. The van der Waals surface area contributed by atoms with Gasteiger partial charge in [-0.15, -0.1) is 0 Å². The average molecular weight is 679 g/mol. The van der Waals surface area contributed by atoms with Crippen molar-refractivity contribution in [1.82, 2.24) is 21.3 Å². The molecular weight excluding hydrogens is 623 g/mol. The van der Waals surface area contributed by atoms with E-state index < -0.39 is 31.0 Å². The van der Waals surface area contributed by atoms with Gasteiger partial charge in [0.2, 0.25) is 23.6 Å². The molecule has 0 heterocycles. The monoisotopic (exact) mass is 678 g/mol. The summed E-state index contributed by atoms with van der Waals surface area (Å²) in [6, 6.07) is 0. The molecule has 0 bridgehead atoms. The Labute approximate surface area is 272 Å². The number of ether oxygens (including phenoxy) is 3. The maximum Gasteiger partial charge on any atom is 0.330 e. The summed E-state index contributed by atoms with van der Waals surface area (Å²) in [7, 11) is -3.60. The number of carbonyl (C=O) groups excluding carboxylic acids is 5. The third kappa shape index (κ3) is 20.7. The second-order valence-electron chi connectivity index (χ2n) is 12.4. The van der Waals surface area contributed by atoms with Crippen LogP contribution in [-0.4, -0.2) is 111 Å². The smallest absolute Gasteiger partial charge is 0.330 e. The van der Waals surface area contributed by atoms with Crippen LogP contribution in [0.5, 0.6) is 0 Å². The van der Waals surface area contributed by atoms with Crippen LogP contribution in [0, 0.1) is 5.92 Å². The lowest BCUT2D eigenvalue weighted by atomic mass is 9.97. The summed E-state index contributed by atoms with van der Waals surface area (Å²) in [5.41, 5.74) is -0.707. The lowest BCUT2D eigenvalue weighted by Crippen LogP contribution is -2.44. The van der Waals surface area contributed by atoms with E-state index in [1.54, 1.807) is 13.8 Å². The fourth-order valence-corrected chi connectivity index (χ4v) is 5.04. The fourth-order valence-electron chi connectivity index (χ4n) is 4.40. The Balaban J connectivity index is 1.99. The Kier molecular flexibility index (Phi) is 20.1. The summed E-state index contributed by atoms with van der Waals surface area (Å²) in [5, 5.41) is 9.81. The summed E-state index contributed by atoms with van der Waals surface area (Å²) < 4.78 is 33.1. The molecule has 2 unspecified atom stereocenters. The molecule has 4 amide bonds. The van der Waals surface area contributed by atoms with E-state index in [0.29, 0.717) is 19.3 Å². The molecule has 1 aliphatic carbocycles. The van der Waals surface area contributed by atoms with Crippen LogP contribution in [0.4, 0.5) is 0 Å². The first-order valence-corrected chi connectivity index (χ1v) is 17.6. The Morgan fingerprint density at radius 2 is 1.28 bits per heavy atom. The van der Waals surface area contributed by atoms with E-state index in [4.69, 9.17) is 18.7 Å². The van der Waals surface area contributed by atoms with Crippen molar-refractivity contribution in [3.63, 3.8) is 0 Å². The number of unbranched alkanes of at least 4 members (excludes halogenated alkanes) is 1. The highest BCUT2D eigenvalue weighted by molar-refractivity contribution is 7.53. The van der Waals surface area contributed by atoms with Crippen molar-refractivity contribution in [2.75, 3.05) is 59.2 Å². The molecule has 0 aromatic rings. The lowest BCUT2D eigenvalue weighted by Gasteiger charge is -2.24. The maximum atomic E-state index is 12.5. The third-order valence-corrected chi connectivity index (χ3v) is 8.73. The molecule has 5 N–H and O–H groups in total. The predicted molar refractivity (Wildman–Crippen MR) is 170 cm³/mol. The van der Waals surface area contributed by atoms with Gasteiger partial charge < -0.3 is 44.9 Å². The van der Waals surface area contributed by atoms with Gasteiger partial charge in [0.15, 0.2) is 0 Å². The van der Waals surface area contributed by atoms with E-state index in [1.807, 2.05) is 20.8 Å². The van der Waals surface area contributed by atoms with Gasteiger partial charge in [-0.2, -0.15) is 0 Å². The molecule has 1 saturated carbocycles. The molecule has 0 spiro atoms. The van der Waals surface area contributed by atoms with Crippen LogP contribution in [0.15, 0.2) is 0 Å². The van der Waals surface area contributed by atoms with Gasteiger partial charge in [-0.05, 0) is 52.9 Å². The second-order valence-corrected chi connectivity index (χ2v) is 14.9. The molecule has 0 aliphatic heterocycles. The van der Waals surface area contributed by atoms with Crippen LogP contribution in [0.25, 0.3) is 0 Å². The standard InChI is InChI=1S/C30H55N4O11P/c1-22(2)46(40,41)44-17-16-43-15-14-42-13-12-31-27(37)19-33-29(39)21-34-28(38)20-32-26(36)9-7-6-8-25(35)23-10-11-24(18-23)45-30(3,4)5/h22-24H,6-21H2,1-5H3,(H,31,37)(H,32,36)(H,33,39)(H,34,38)(H,40,41)/t23?,24-/m0/s1. The van der Waals surface area contributed by atoms with Crippen molar-refractivity contribution in [2.24, 2.45) is 5.92 Å². The van der Waals surface area contributed by atoms with E-state index in [2.05, 4.69) is 21.3 Å². The van der Waals surface area contributed by atoms with Crippen molar-refractivity contribution < 1.29 is 52.2 Å². The van der Waals surface area contributed by atoms with E-state index in [0.717, 1.165) is 19.3 Å². The molecule has 3 atom stereocenters. The zero-order valence-electron chi connectivity index (χ0n) is 28.0. The number of carbonyl (C=O) groups is 5. The van der Waals surface area contributed by atoms with E-state index in [9.17, 15) is 33.4 Å². The van der Waals surface area contributed by atoms with Gasteiger partial charge in [0.1, 0.15) is 5.78 Å². The van der Waals surface area contributed by atoms with Gasteiger partial charge in [0.05, 0.1) is 70.0 Å². The van der Waals surface area contributed by atoms with Crippen LogP contribution < -0.4 is 21.3 Å². The fraction of sp³-hybridized carbons (Fsp3) is 0.833. The number of rotatable bonds is 24. The third-order valence-electron chi connectivity index (χ3n) is 6.87. The van der Waals surface area contributed by atoms with E-state index in [-0.39, 0.29) is 94.9 Å². The summed E-state index contributed by atoms with van der Waals surface area (Å²) >= 11 is 0. The Morgan fingerprint density at radius 1 is 0.761 bits per heavy atom. The molecule has 0 aromatic heterocycles. The van der Waals surface area contributed by atoms with Crippen LogP contribution >= 0.6 is 7.60 Å². The zero-order chi connectivity index (χ0) is 34.6. The minimum atomic E-state index is -3.60. The molecule has 266 valence electrons. The molecule has 0 radical (unpaired) electrons. The van der Waals surface area contributed by atoms with E-state index >= 15 is 0 Å². The van der Waals surface area contributed by atoms with Crippen LogP contribution in [0.1, 0.15) is 79.6 Å². The Bertz CT molecular complexity index is 1020. The molecule has 15 nitrogen and oxygen atoms in total. The summed E-state index contributed by atoms with van der Waals surface area (Å²) in [6.07, 6.45) is 4.35. The minimum Gasteiger partial charge on any atom is -0.377 e. The number of hydrogen-bond donors (Lipinski definition) is 5. The molecular formula is C30H55N4O11P. The predicted octanol–water partition coefficient (Wildman–Crippen LogP) is 1.21. The summed E-state index contributed by atoms with van der Waals surface area (Å²) in [6.45, 7) is 9.37. The van der Waals surface area contributed by atoms with Gasteiger partial charge in [-0.1, -0.05) is 13.8 Å². The molecule has 1 rings (SSSR count). The number of hydrogen-bond acceptors (Lipinski definition) is 10. The average Bonchev–Trinajstić information content (AvgIpc) is 3.43. The van der Waals surface area contributed by atoms with Gasteiger partial charge in [0.25, 0.3) is 0 Å². The van der Waals surface area contributed by atoms with Crippen molar-refractivity contribution in [3.05, 3.63) is 0 Å². The highest BCUT2D eigenvalue weighted by Gasteiger charge is 2.32.